The molecule has 0 aliphatic heterocycles. The highest BCUT2D eigenvalue weighted by atomic mass is 79.9. The number of benzene rings is 2. The van der Waals surface area contributed by atoms with Crippen LogP contribution in [0.25, 0.3) is 10.8 Å². The monoisotopic (exact) mass is 420 g/mol. The molecule has 142 valence electrons. The van der Waals surface area contributed by atoms with Gasteiger partial charge >= 0.3 is 5.97 Å². The SMILES string of the molecule is CCC(C)(C)C(=O)OCCCCCCOc1ccc2cc(Br)ccc2c1. The lowest BCUT2D eigenvalue weighted by Crippen LogP contribution is -2.26. The van der Waals surface area contributed by atoms with Crippen LogP contribution in [0.3, 0.4) is 0 Å². The molecule has 0 bridgehead atoms. The van der Waals surface area contributed by atoms with E-state index in [1.54, 1.807) is 0 Å². The van der Waals surface area contributed by atoms with Crippen LogP contribution >= 0.6 is 15.9 Å². The Hall–Kier alpha value is -1.55. The lowest BCUT2D eigenvalue weighted by Gasteiger charge is -2.20. The summed E-state index contributed by atoms with van der Waals surface area (Å²) in [6, 6.07) is 12.4. The van der Waals surface area contributed by atoms with Crippen LogP contribution in [0.4, 0.5) is 0 Å². The van der Waals surface area contributed by atoms with Gasteiger partial charge in [0, 0.05) is 4.47 Å². The van der Waals surface area contributed by atoms with Gasteiger partial charge in [-0.05, 0) is 81.0 Å². The summed E-state index contributed by atoms with van der Waals surface area (Å²) >= 11 is 3.49. The maximum atomic E-state index is 11.9. The molecule has 0 spiro atoms. The number of hydrogen-bond acceptors (Lipinski definition) is 3. The van der Waals surface area contributed by atoms with Gasteiger partial charge in [-0.25, -0.2) is 0 Å². The second-order valence-electron chi connectivity index (χ2n) is 7.29. The van der Waals surface area contributed by atoms with Crippen LogP contribution in [-0.4, -0.2) is 19.2 Å². The minimum Gasteiger partial charge on any atom is -0.494 e. The number of unbranched alkanes of at least 4 members (excludes halogenated alkanes) is 3. The molecule has 0 aliphatic carbocycles. The van der Waals surface area contributed by atoms with E-state index in [0.29, 0.717) is 13.2 Å². The molecule has 0 saturated heterocycles. The highest BCUT2D eigenvalue weighted by Crippen LogP contribution is 2.24. The molecule has 3 nitrogen and oxygen atoms in total. The fourth-order valence-electron chi connectivity index (χ4n) is 2.54. The summed E-state index contributed by atoms with van der Waals surface area (Å²) in [4.78, 5) is 11.9. The van der Waals surface area contributed by atoms with E-state index in [9.17, 15) is 4.79 Å². The van der Waals surface area contributed by atoms with Gasteiger partial charge in [0.05, 0.1) is 18.6 Å². The van der Waals surface area contributed by atoms with E-state index in [0.717, 1.165) is 42.3 Å². The van der Waals surface area contributed by atoms with Crippen molar-refractivity contribution in [1.82, 2.24) is 0 Å². The third kappa shape index (κ3) is 6.31. The summed E-state index contributed by atoms with van der Waals surface area (Å²) in [6.45, 7) is 7.10. The second kappa shape index (κ2) is 9.96. The van der Waals surface area contributed by atoms with E-state index in [1.807, 2.05) is 32.9 Å². The number of rotatable bonds is 10. The zero-order valence-corrected chi connectivity index (χ0v) is 17.6. The van der Waals surface area contributed by atoms with Crippen molar-refractivity contribution >= 4 is 32.7 Å². The van der Waals surface area contributed by atoms with Crippen molar-refractivity contribution in [3.8, 4) is 5.75 Å². The van der Waals surface area contributed by atoms with Gasteiger partial charge in [-0.3, -0.25) is 4.79 Å². The summed E-state index contributed by atoms with van der Waals surface area (Å²) < 4.78 is 12.3. The minimum atomic E-state index is -0.371. The van der Waals surface area contributed by atoms with Crippen molar-refractivity contribution < 1.29 is 14.3 Å². The van der Waals surface area contributed by atoms with Crippen molar-refractivity contribution in [2.75, 3.05) is 13.2 Å². The van der Waals surface area contributed by atoms with Gasteiger partial charge in [-0.1, -0.05) is 35.0 Å². The molecule has 2 aromatic rings. The minimum absolute atomic E-state index is 0.0910. The first kappa shape index (κ1) is 20.8. The Morgan fingerprint density at radius 1 is 0.962 bits per heavy atom. The van der Waals surface area contributed by atoms with Crippen molar-refractivity contribution in [1.29, 1.82) is 0 Å². The van der Waals surface area contributed by atoms with Crippen molar-refractivity contribution in [2.24, 2.45) is 5.41 Å². The van der Waals surface area contributed by atoms with Crippen LogP contribution in [0.15, 0.2) is 40.9 Å². The summed E-state index contributed by atoms with van der Waals surface area (Å²) in [5, 5.41) is 2.38. The maximum absolute atomic E-state index is 11.9. The summed E-state index contributed by atoms with van der Waals surface area (Å²) in [5.41, 5.74) is -0.371. The Balaban J connectivity index is 1.59. The normalized spacial score (nSPS) is 11.5. The lowest BCUT2D eigenvalue weighted by atomic mass is 9.91. The van der Waals surface area contributed by atoms with Crippen LogP contribution in [0, 0.1) is 5.41 Å². The first-order chi connectivity index (χ1) is 12.4. The van der Waals surface area contributed by atoms with Crippen LogP contribution in [0.2, 0.25) is 0 Å². The molecule has 2 rings (SSSR count). The average molecular weight is 421 g/mol. The zero-order chi connectivity index (χ0) is 19.0. The van der Waals surface area contributed by atoms with E-state index in [-0.39, 0.29) is 11.4 Å². The Bertz CT molecular complexity index is 724. The van der Waals surface area contributed by atoms with Crippen molar-refractivity contribution in [3.63, 3.8) is 0 Å². The fourth-order valence-corrected chi connectivity index (χ4v) is 2.92. The first-order valence-electron chi connectivity index (χ1n) is 9.42. The third-order valence-corrected chi connectivity index (χ3v) is 5.24. The fraction of sp³-hybridized carbons (Fsp3) is 0.500. The number of fused-ring (bicyclic) bond motifs is 1. The molecule has 0 heterocycles. The van der Waals surface area contributed by atoms with E-state index < -0.39 is 0 Å². The molecule has 0 amide bonds. The number of esters is 1. The zero-order valence-electron chi connectivity index (χ0n) is 16.0. The predicted octanol–water partition coefficient (Wildman–Crippen LogP) is 6.52. The van der Waals surface area contributed by atoms with Crippen LogP contribution in [0.1, 0.15) is 52.9 Å². The number of hydrogen-bond donors (Lipinski definition) is 0. The molecule has 4 heteroatoms. The molecule has 0 atom stereocenters. The predicted molar refractivity (Wildman–Crippen MR) is 111 cm³/mol. The average Bonchev–Trinajstić information content (AvgIpc) is 2.63. The van der Waals surface area contributed by atoms with Crippen LogP contribution in [-0.2, 0) is 9.53 Å². The highest BCUT2D eigenvalue weighted by molar-refractivity contribution is 9.10. The van der Waals surface area contributed by atoms with Crippen molar-refractivity contribution in [3.05, 3.63) is 40.9 Å². The standard InChI is InChI=1S/C22H29BrO3/c1-4-22(2,3)21(24)26-14-8-6-5-7-13-25-20-12-10-17-15-19(23)11-9-18(17)16-20/h9-12,15-16H,4-8,13-14H2,1-3H3. The largest absolute Gasteiger partial charge is 0.494 e. The molecule has 2 aromatic carbocycles. The van der Waals surface area contributed by atoms with Crippen LogP contribution in [0.5, 0.6) is 5.75 Å². The quantitative estimate of drug-likeness (QED) is 0.324. The van der Waals surface area contributed by atoms with E-state index in [4.69, 9.17) is 9.47 Å². The molecule has 0 aromatic heterocycles. The molecule has 0 saturated carbocycles. The smallest absolute Gasteiger partial charge is 0.311 e. The second-order valence-corrected chi connectivity index (χ2v) is 8.20. The Kier molecular flexibility index (Phi) is 7.95. The number of carbonyl (C=O) groups excluding carboxylic acids is 1. The topological polar surface area (TPSA) is 35.5 Å². The summed E-state index contributed by atoms with van der Waals surface area (Å²) in [6.07, 6.45) is 4.85. The molecule has 26 heavy (non-hydrogen) atoms. The molecule has 0 unspecified atom stereocenters. The van der Waals surface area contributed by atoms with Crippen LogP contribution < -0.4 is 4.74 Å². The van der Waals surface area contributed by atoms with E-state index in [1.165, 1.54) is 10.8 Å². The van der Waals surface area contributed by atoms with Gasteiger partial charge in [0.25, 0.3) is 0 Å². The number of ether oxygens (including phenoxy) is 2. The van der Waals surface area contributed by atoms with Gasteiger partial charge in [0.2, 0.25) is 0 Å². The molecule has 0 radical (unpaired) electrons. The van der Waals surface area contributed by atoms with Gasteiger partial charge in [-0.15, -0.1) is 0 Å². The molecular weight excluding hydrogens is 392 g/mol. The summed E-state index contributed by atoms with van der Waals surface area (Å²) in [7, 11) is 0. The maximum Gasteiger partial charge on any atom is 0.311 e. The third-order valence-electron chi connectivity index (χ3n) is 4.75. The molecule has 0 N–H and O–H groups in total. The van der Waals surface area contributed by atoms with Crippen molar-refractivity contribution in [2.45, 2.75) is 52.9 Å². The van der Waals surface area contributed by atoms with E-state index >= 15 is 0 Å². The lowest BCUT2D eigenvalue weighted by molar-refractivity contribution is -0.154. The van der Waals surface area contributed by atoms with Gasteiger partial charge in [-0.2, -0.15) is 0 Å². The Morgan fingerprint density at radius 3 is 2.35 bits per heavy atom. The Labute approximate surface area is 165 Å². The number of halogens is 1. The molecular formula is C22H29BrO3. The molecule has 0 aliphatic rings. The highest BCUT2D eigenvalue weighted by Gasteiger charge is 2.26. The van der Waals surface area contributed by atoms with Gasteiger partial charge < -0.3 is 9.47 Å². The Morgan fingerprint density at radius 2 is 1.62 bits per heavy atom. The van der Waals surface area contributed by atoms with Gasteiger partial charge in [0.1, 0.15) is 5.75 Å². The summed E-state index contributed by atoms with van der Waals surface area (Å²) in [5.74, 6) is 0.821. The first-order valence-corrected chi connectivity index (χ1v) is 10.2. The van der Waals surface area contributed by atoms with Gasteiger partial charge in [0.15, 0.2) is 0 Å². The number of carbonyl (C=O) groups is 1. The van der Waals surface area contributed by atoms with E-state index in [2.05, 4.69) is 40.2 Å². The molecule has 0 fully saturated rings.